The molecule has 0 unspecified atom stereocenters. The van der Waals surface area contributed by atoms with Gasteiger partial charge >= 0.3 is 6.09 Å². The molecular formula is C9H18N2O3. The van der Waals surface area contributed by atoms with E-state index in [2.05, 4.69) is 0 Å². The number of carbonyl (C=O) groups excluding carboxylic acids is 2. The van der Waals surface area contributed by atoms with Gasteiger partial charge in [-0.25, -0.2) is 4.79 Å². The number of ether oxygens (including phenoxy) is 1. The lowest BCUT2D eigenvalue weighted by atomic mass is 10.5. The Kier molecular flexibility index (Phi) is 5.67. The summed E-state index contributed by atoms with van der Waals surface area (Å²) in [6.45, 7) is 4.61. The molecule has 0 bridgehead atoms. The Balaban J connectivity index is 3.78. The molecule has 0 atom stereocenters. The van der Waals surface area contributed by atoms with Gasteiger partial charge < -0.3 is 14.5 Å². The molecule has 0 saturated heterocycles. The molecule has 0 rings (SSSR count). The molecular weight excluding hydrogens is 184 g/mol. The summed E-state index contributed by atoms with van der Waals surface area (Å²) in [5.41, 5.74) is 0. The van der Waals surface area contributed by atoms with Gasteiger partial charge in [-0.05, 0) is 6.92 Å². The summed E-state index contributed by atoms with van der Waals surface area (Å²) >= 11 is 0. The Labute approximate surface area is 84.6 Å². The quantitative estimate of drug-likeness (QED) is 0.669. The van der Waals surface area contributed by atoms with E-state index in [1.54, 1.807) is 25.9 Å². The SMILES string of the molecule is CCOC(=O)N(C)CCN(C)C(C)=O. The van der Waals surface area contributed by atoms with Crippen LogP contribution in [-0.2, 0) is 9.53 Å². The van der Waals surface area contributed by atoms with Gasteiger partial charge in [0.15, 0.2) is 0 Å². The second-order valence-corrected chi connectivity index (χ2v) is 3.06. The Bertz CT molecular complexity index is 206. The van der Waals surface area contributed by atoms with Crippen LogP contribution in [0, 0.1) is 0 Å². The Morgan fingerprint density at radius 2 is 1.64 bits per heavy atom. The molecule has 0 aliphatic heterocycles. The smallest absolute Gasteiger partial charge is 0.409 e. The molecule has 0 heterocycles. The van der Waals surface area contributed by atoms with Crippen molar-refractivity contribution < 1.29 is 14.3 Å². The van der Waals surface area contributed by atoms with Crippen LogP contribution < -0.4 is 0 Å². The summed E-state index contributed by atoms with van der Waals surface area (Å²) < 4.78 is 4.78. The van der Waals surface area contributed by atoms with Crippen molar-refractivity contribution in [1.29, 1.82) is 0 Å². The molecule has 0 aromatic rings. The average molecular weight is 202 g/mol. The molecule has 0 saturated carbocycles. The van der Waals surface area contributed by atoms with E-state index in [4.69, 9.17) is 4.74 Å². The third kappa shape index (κ3) is 4.69. The van der Waals surface area contributed by atoms with Gasteiger partial charge in [0.1, 0.15) is 0 Å². The monoisotopic (exact) mass is 202 g/mol. The van der Waals surface area contributed by atoms with Crippen LogP contribution in [0.4, 0.5) is 4.79 Å². The third-order valence-electron chi connectivity index (χ3n) is 1.89. The highest BCUT2D eigenvalue weighted by molar-refractivity contribution is 5.73. The first-order valence-electron chi connectivity index (χ1n) is 4.58. The van der Waals surface area contributed by atoms with Gasteiger partial charge in [0.25, 0.3) is 0 Å². The fourth-order valence-electron chi connectivity index (χ4n) is 0.782. The molecule has 0 N–H and O–H groups in total. The molecule has 5 heteroatoms. The van der Waals surface area contributed by atoms with Crippen LogP contribution in [0.2, 0.25) is 0 Å². The number of amides is 2. The summed E-state index contributed by atoms with van der Waals surface area (Å²) in [5, 5.41) is 0. The highest BCUT2D eigenvalue weighted by Gasteiger charge is 2.10. The minimum Gasteiger partial charge on any atom is -0.450 e. The largest absolute Gasteiger partial charge is 0.450 e. The van der Waals surface area contributed by atoms with E-state index in [0.29, 0.717) is 19.7 Å². The number of likely N-dealkylation sites (N-methyl/N-ethyl adjacent to an activating group) is 2. The van der Waals surface area contributed by atoms with Crippen LogP contribution in [-0.4, -0.2) is 55.6 Å². The van der Waals surface area contributed by atoms with Gasteiger partial charge in [0, 0.05) is 34.1 Å². The molecule has 0 spiro atoms. The topological polar surface area (TPSA) is 49.9 Å². The van der Waals surface area contributed by atoms with Crippen LogP contribution in [0.25, 0.3) is 0 Å². The molecule has 5 nitrogen and oxygen atoms in total. The van der Waals surface area contributed by atoms with E-state index in [9.17, 15) is 9.59 Å². The first-order valence-corrected chi connectivity index (χ1v) is 4.58. The van der Waals surface area contributed by atoms with Gasteiger partial charge in [-0.15, -0.1) is 0 Å². The number of rotatable bonds is 4. The summed E-state index contributed by atoms with van der Waals surface area (Å²) in [5.74, 6) is -0.0118. The molecule has 0 radical (unpaired) electrons. The maximum absolute atomic E-state index is 11.1. The summed E-state index contributed by atoms with van der Waals surface area (Å²) in [7, 11) is 3.34. The minimum atomic E-state index is -0.357. The normalized spacial score (nSPS) is 9.43. The van der Waals surface area contributed by atoms with E-state index in [1.807, 2.05) is 0 Å². The fourth-order valence-corrected chi connectivity index (χ4v) is 0.782. The molecule has 2 amide bonds. The predicted octanol–water partition coefficient (Wildman–Crippen LogP) is 0.553. The maximum atomic E-state index is 11.1. The van der Waals surface area contributed by atoms with E-state index in [0.717, 1.165) is 0 Å². The van der Waals surface area contributed by atoms with Crippen molar-refractivity contribution in [2.45, 2.75) is 13.8 Å². The Hall–Kier alpha value is -1.26. The summed E-state index contributed by atoms with van der Waals surface area (Å²) in [6, 6.07) is 0. The summed E-state index contributed by atoms with van der Waals surface area (Å²) in [6.07, 6.45) is -0.357. The second kappa shape index (κ2) is 6.23. The van der Waals surface area contributed by atoms with Gasteiger partial charge in [-0.1, -0.05) is 0 Å². The van der Waals surface area contributed by atoms with Crippen molar-refractivity contribution >= 4 is 12.0 Å². The summed E-state index contributed by atoms with van der Waals surface area (Å²) in [4.78, 5) is 25.0. The molecule has 0 aliphatic rings. The molecule has 0 aromatic heterocycles. The second-order valence-electron chi connectivity index (χ2n) is 3.06. The molecule has 0 fully saturated rings. The zero-order valence-corrected chi connectivity index (χ0v) is 9.24. The fraction of sp³-hybridized carbons (Fsp3) is 0.778. The Morgan fingerprint density at radius 1 is 1.14 bits per heavy atom. The van der Waals surface area contributed by atoms with Crippen LogP contribution in [0.1, 0.15) is 13.8 Å². The lowest BCUT2D eigenvalue weighted by Crippen LogP contribution is -2.36. The van der Waals surface area contributed by atoms with Gasteiger partial charge in [0.05, 0.1) is 6.61 Å². The molecule has 0 aliphatic carbocycles. The van der Waals surface area contributed by atoms with E-state index < -0.39 is 0 Å². The average Bonchev–Trinajstić information content (AvgIpc) is 2.13. The van der Waals surface area contributed by atoms with Crippen molar-refractivity contribution in [3.63, 3.8) is 0 Å². The highest BCUT2D eigenvalue weighted by atomic mass is 16.5. The number of nitrogens with zero attached hydrogens (tertiary/aromatic N) is 2. The number of hydrogen-bond donors (Lipinski definition) is 0. The van der Waals surface area contributed by atoms with Crippen molar-refractivity contribution in [2.75, 3.05) is 33.8 Å². The first-order chi connectivity index (χ1) is 6.49. The van der Waals surface area contributed by atoms with E-state index >= 15 is 0 Å². The Morgan fingerprint density at radius 3 is 2.07 bits per heavy atom. The minimum absolute atomic E-state index is 0.0118. The van der Waals surface area contributed by atoms with Crippen LogP contribution in [0.3, 0.4) is 0 Å². The number of carbonyl (C=O) groups is 2. The standard InChI is InChI=1S/C9H18N2O3/c1-5-14-9(13)11(4)7-6-10(3)8(2)12/h5-7H2,1-4H3. The van der Waals surface area contributed by atoms with Gasteiger partial charge in [-0.2, -0.15) is 0 Å². The van der Waals surface area contributed by atoms with Crippen LogP contribution in [0.5, 0.6) is 0 Å². The van der Waals surface area contributed by atoms with Gasteiger partial charge in [0.2, 0.25) is 5.91 Å². The third-order valence-corrected chi connectivity index (χ3v) is 1.89. The van der Waals surface area contributed by atoms with Crippen LogP contribution >= 0.6 is 0 Å². The zero-order chi connectivity index (χ0) is 11.1. The van der Waals surface area contributed by atoms with Gasteiger partial charge in [-0.3, -0.25) is 4.79 Å². The maximum Gasteiger partial charge on any atom is 0.409 e. The van der Waals surface area contributed by atoms with Crippen LogP contribution in [0.15, 0.2) is 0 Å². The highest BCUT2D eigenvalue weighted by Crippen LogP contribution is 1.91. The van der Waals surface area contributed by atoms with Crippen molar-refractivity contribution in [1.82, 2.24) is 9.80 Å². The molecule has 14 heavy (non-hydrogen) atoms. The molecule has 82 valence electrons. The van der Waals surface area contributed by atoms with Crippen molar-refractivity contribution in [3.8, 4) is 0 Å². The predicted molar refractivity (Wildman–Crippen MR) is 53.0 cm³/mol. The zero-order valence-electron chi connectivity index (χ0n) is 9.24. The molecule has 0 aromatic carbocycles. The van der Waals surface area contributed by atoms with E-state index in [-0.39, 0.29) is 12.0 Å². The van der Waals surface area contributed by atoms with Crippen molar-refractivity contribution in [2.24, 2.45) is 0 Å². The first kappa shape index (κ1) is 12.7. The van der Waals surface area contributed by atoms with Crippen molar-refractivity contribution in [3.05, 3.63) is 0 Å². The lowest BCUT2D eigenvalue weighted by molar-refractivity contribution is -0.127. The lowest BCUT2D eigenvalue weighted by Gasteiger charge is -2.20. The van der Waals surface area contributed by atoms with E-state index in [1.165, 1.54) is 11.8 Å². The number of hydrogen-bond acceptors (Lipinski definition) is 3.